The van der Waals surface area contributed by atoms with Crippen LogP contribution in [0, 0.1) is 0 Å². The van der Waals surface area contributed by atoms with Gasteiger partial charge in [-0.05, 0) is 6.07 Å². The van der Waals surface area contributed by atoms with E-state index in [1.54, 1.807) is 10.9 Å². The Balaban J connectivity index is 2.38. The van der Waals surface area contributed by atoms with Gasteiger partial charge in [0.2, 0.25) is 0 Å². The maximum absolute atomic E-state index is 9.87. The quantitative estimate of drug-likeness (QED) is 0.664. The van der Waals surface area contributed by atoms with E-state index >= 15 is 0 Å². The minimum Gasteiger partial charge on any atom is -0.390 e. The summed E-state index contributed by atoms with van der Waals surface area (Å²) in [7, 11) is 0. The molecule has 0 aliphatic rings. The van der Waals surface area contributed by atoms with Gasteiger partial charge in [-0.25, -0.2) is 0 Å². The Labute approximate surface area is 96.5 Å². The van der Waals surface area contributed by atoms with Crippen molar-refractivity contribution >= 4 is 0 Å². The molecule has 4 heteroatoms. The highest BCUT2D eigenvalue weighted by Gasteiger charge is 2.10. The van der Waals surface area contributed by atoms with E-state index in [4.69, 9.17) is 0 Å². The average Bonchev–Trinajstić information content (AvgIpc) is 2.71. The first-order valence-electron chi connectivity index (χ1n) is 5.36. The number of rotatable bonds is 8. The molecule has 4 nitrogen and oxygen atoms in total. The molecule has 0 aliphatic carbocycles. The molecule has 1 N–H and O–H groups in total. The summed E-state index contributed by atoms with van der Waals surface area (Å²) < 4.78 is 1.73. The van der Waals surface area contributed by atoms with Gasteiger partial charge < -0.3 is 5.11 Å². The molecule has 0 aliphatic heterocycles. The number of hydrogen-bond acceptors (Lipinski definition) is 3. The van der Waals surface area contributed by atoms with Gasteiger partial charge in [-0.2, -0.15) is 5.10 Å². The molecular formula is C12H19N3O. The van der Waals surface area contributed by atoms with Gasteiger partial charge in [-0.3, -0.25) is 9.58 Å². The molecule has 0 saturated heterocycles. The zero-order valence-electron chi connectivity index (χ0n) is 9.50. The topological polar surface area (TPSA) is 41.3 Å². The molecule has 1 unspecified atom stereocenters. The highest BCUT2D eigenvalue weighted by Crippen LogP contribution is 1.97. The Hall–Kier alpha value is -1.39. The Morgan fingerprint density at radius 2 is 2.06 bits per heavy atom. The van der Waals surface area contributed by atoms with E-state index in [0.717, 1.165) is 13.1 Å². The lowest BCUT2D eigenvalue weighted by molar-refractivity contribution is 0.105. The van der Waals surface area contributed by atoms with Crippen molar-refractivity contribution in [2.24, 2.45) is 0 Å². The van der Waals surface area contributed by atoms with Crippen molar-refractivity contribution in [1.82, 2.24) is 14.7 Å². The summed E-state index contributed by atoms with van der Waals surface area (Å²) in [6, 6.07) is 1.85. The van der Waals surface area contributed by atoms with E-state index in [-0.39, 0.29) is 0 Å². The minimum atomic E-state index is -0.431. The van der Waals surface area contributed by atoms with Crippen LogP contribution in [-0.2, 0) is 6.54 Å². The van der Waals surface area contributed by atoms with Gasteiger partial charge in [0.05, 0.1) is 12.6 Å². The van der Waals surface area contributed by atoms with Crippen molar-refractivity contribution in [2.45, 2.75) is 12.6 Å². The van der Waals surface area contributed by atoms with E-state index in [1.807, 2.05) is 24.4 Å². The molecule has 1 heterocycles. The monoisotopic (exact) mass is 221 g/mol. The summed E-state index contributed by atoms with van der Waals surface area (Å²) in [4.78, 5) is 2.08. The first-order chi connectivity index (χ1) is 7.76. The number of nitrogens with zero attached hydrogens (tertiary/aromatic N) is 3. The zero-order chi connectivity index (χ0) is 11.8. The van der Waals surface area contributed by atoms with Crippen LogP contribution in [0.5, 0.6) is 0 Å². The summed E-state index contributed by atoms with van der Waals surface area (Å²) in [5.41, 5.74) is 0. The molecule has 0 fully saturated rings. The highest BCUT2D eigenvalue weighted by atomic mass is 16.3. The molecule has 16 heavy (non-hydrogen) atoms. The third-order valence-electron chi connectivity index (χ3n) is 2.20. The van der Waals surface area contributed by atoms with E-state index in [1.165, 1.54) is 0 Å². The molecule has 0 amide bonds. The van der Waals surface area contributed by atoms with Crippen molar-refractivity contribution in [3.63, 3.8) is 0 Å². The summed E-state index contributed by atoms with van der Waals surface area (Å²) in [5, 5.41) is 13.9. The lowest BCUT2D eigenvalue weighted by Gasteiger charge is -2.22. The predicted molar refractivity (Wildman–Crippen MR) is 65.1 cm³/mol. The van der Waals surface area contributed by atoms with Crippen LogP contribution in [0.25, 0.3) is 0 Å². The van der Waals surface area contributed by atoms with Crippen LogP contribution >= 0.6 is 0 Å². The van der Waals surface area contributed by atoms with Crippen LogP contribution < -0.4 is 0 Å². The van der Waals surface area contributed by atoms with Crippen LogP contribution in [0.3, 0.4) is 0 Å². The lowest BCUT2D eigenvalue weighted by atomic mass is 10.3. The normalized spacial score (nSPS) is 12.6. The van der Waals surface area contributed by atoms with Crippen molar-refractivity contribution in [2.75, 3.05) is 19.6 Å². The largest absolute Gasteiger partial charge is 0.390 e. The first-order valence-corrected chi connectivity index (χ1v) is 5.36. The molecular weight excluding hydrogens is 202 g/mol. The number of aromatic nitrogens is 2. The minimum absolute atomic E-state index is 0.431. The van der Waals surface area contributed by atoms with E-state index in [2.05, 4.69) is 23.2 Å². The molecule has 0 saturated carbocycles. The third kappa shape index (κ3) is 4.42. The van der Waals surface area contributed by atoms with Crippen LogP contribution in [0.2, 0.25) is 0 Å². The summed E-state index contributed by atoms with van der Waals surface area (Å²) in [6.07, 6.45) is 6.76. The summed E-state index contributed by atoms with van der Waals surface area (Å²) in [5.74, 6) is 0. The fourth-order valence-corrected chi connectivity index (χ4v) is 1.57. The van der Waals surface area contributed by atoms with Crippen LogP contribution in [0.4, 0.5) is 0 Å². The van der Waals surface area contributed by atoms with Crippen molar-refractivity contribution in [3.8, 4) is 0 Å². The van der Waals surface area contributed by atoms with Gasteiger partial charge in [0.15, 0.2) is 0 Å². The molecule has 0 radical (unpaired) electrons. The van der Waals surface area contributed by atoms with Gasteiger partial charge in [0.1, 0.15) is 0 Å². The van der Waals surface area contributed by atoms with Crippen LogP contribution in [0.15, 0.2) is 43.8 Å². The van der Waals surface area contributed by atoms with Gasteiger partial charge in [-0.1, -0.05) is 12.2 Å². The zero-order valence-corrected chi connectivity index (χ0v) is 9.50. The SMILES string of the molecule is C=CCN(CC=C)CC(O)Cn1cccn1. The molecule has 1 aromatic heterocycles. The van der Waals surface area contributed by atoms with Crippen molar-refractivity contribution < 1.29 is 5.11 Å². The number of aliphatic hydroxyl groups excluding tert-OH is 1. The van der Waals surface area contributed by atoms with Crippen molar-refractivity contribution in [1.29, 1.82) is 0 Å². The second-order valence-corrected chi connectivity index (χ2v) is 3.68. The van der Waals surface area contributed by atoms with Crippen molar-refractivity contribution in [3.05, 3.63) is 43.8 Å². The Morgan fingerprint density at radius 1 is 1.38 bits per heavy atom. The third-order valence-corrected chi connectivity index (χ3v) is 2.20. The second kappa shape index (κ2) is 6.98. The molecule has 1 aromatic rings. The molecule has 88 valence electrons. The fourth-order valence-electron chi connectivity index (χ4n) is 1.57. The fraction of sp³-hybridized carbons (Fsp3) is 0.417. The van der Waals surface area contributed by atoms with Gasteiger partial charge in [0.25, 0.3) is 0 Å². The summed E-state index contributed by atoms with van der Waals surface area (Å²) >= 11 is 0. The van der Waals surface area contributed by atoms with Gasteiger partial charge in [-0.15, -0.1) is 13.2 Å². The number of aliphatic hydroxyl groups is 1. The molecule has 0 aromatic carbocycles. The Kier molecular flexibility index (Phi) is 5.53. The molecule has 0 bridgehead atoms. The standard InChI is InChI=1S/C12H19N3O/c1-3-7-14(8-4-2)10-12(16)11-15-9-5-6-13-15/h3-6,9,12,16H,1-2,7-8,10-11H2. The van der Waals surface area contributed by atoms with E-state index < -0.39 is 6.10 Å². The Bertz CT molecular complexity index is 298. The Morgan fingerprint density at radius 3 is 2.56 bits per heavy atom. The predicted octanol–water partition coefficient (Wildman–Crippen LogP) is 0.918. The first kappa shape index (κ1) is 12.7. The van der Waals surface area contributed by atoms with E-state index in [9.17, 15) is 5.11 Å². The van der Waals surface area contributed by atoms with Gasteiger partial charge >= 0.3 is 0 Å². The molecule has 1 atom stereocenters. The summed E-state index contributed by atoms with van der Waals surface area (Å²) in [6.45, 7) is 9.99. The van der Waals surface area contributed by atoms with E-state index in [0.29, 0.717) is 13.1 Å². The highest BCUT2D eigenvalue weighted by molar-refractivity contribution is 4.82. The van der Waals surface area contributed by atoms with Gasteiger partial charge in [0, 0.05) is 32.0 Å². The maximum Gasteiger partial charge on any atom is 0.0862 e. The van der Waals surface area contributed by atoms with Crippen LogP contribution in [0.1, 0.15) is 0 Å². The lowest BCUT2D eigenvalue weighted by Crippen LogP contribution is -2.35. The second-order valence-electron chi connectivity index (χ2n) is 3.68. The number of hydrogen-bond donors (Lipinski definition) is 1. The maximum atomic E-state index is 9.87. The smallest absolute Gasteiger partial charge is 0.0862 e. The molecule has 1 rings (SSSR count). The molecule has 0 spiro atoms. The average molecular weight is 221 g/mol. The van der Waals surface area contributed by atoms with Crippen LogP contribution in [-0.4, -0.2) is 45.5 Å².